The average molecular weight is 297 g/mol. The summed E-state index contributed by atoms with van der Waals surface area (Å²) in [7, 11) is 1.99. The van der Waals surface area contributed by atoms with Crippen LogP contribution in [0.2, 0.25) is 0 Å². The van der Waals surface area contributed by atoms with Gasteiger partial charge in [-0.2, -0.15) is 5.10 Å². The molecule has 0 radical (unpaired) electrons. The van der Waals surface area contributed by atoms with Crippen molar-refractivity contribution in [2.45, 2.75) is 45.3 Å². The van der Waals surface area contributed by atoms with E-state index in [9.17, 15) is 0 Å². The van der Waals surface area contributed by atoms with Gasteiger partial charge in [-0.25, -0.2) is 4.98 Å². The van der Waals surface area contributed by atoms with Gasteiger partial charge >= 0.3 is 0 Å². The first-order valence-electron chi connectivity index (χ1n) is 7.27. The molecule has 1 fully saturated rings. The fourth-order valence-electron chi connectivity index (χ4n) is 3.15. The third kappa shape index (κ3) is 2.04. The molecule has 0 aliphatic carbocycles. The molecule has 0 aromatic carbocycles. The fourth-order valence-corrected chi connectivity index (χ4v) is 3.32. The van der Waals surface area contributed by atoms with Gasteiger partial charge in [0.25, 0.3) is 0 Å². The van der Waals surface area contributed by atoms with Crippen LogP contribution in [-0.2, 0) is 24.6 Å². The summed E-state index contributed by atoms with van der Waals surface area (Å²) in [5.74, 6) is 1.64. The molecular weight excluding hydrogens is 276 g/mol. The van der Waals surface area contributed by atoms with Crippen molar-refractivity contribution in [2.75, 3.05) is 12.5 Å². The lowest BCUT2D eigenvalue weighted by atomic mass is 10.1. The number of imidazole rings is 1. The van der Waals surface area contributed by atoms with Gasteiger partial charge < -0.3 is 9.30 Å². The minimum atomic E-state index is 0.210. The Morgan fingerprint density at radius 1 is 1.45 bits per heavy atom. The van der Waals surface area contributed by atoms with Crippen molar-refractivity contribution in [3.05, 3.63) is 11.5 Å². The third-order valence-corrected chi connectivity index (χ3v) is 4.32. The Morgan fingerprint density at radius 3 is 2.85 bits per heavy atom. The summed E-state index contributed by atoms with van der Waals surface area (Å²) in [5.41, 5.74) is 3.18. The number of hydrogen-bond acceptors (Lipinski definition) is 3. The number of nitrogens with zero attached hydrogens (tertiary/aromatic N) is 4. The maximum atomic E-state index is 5.95. The van der Waals surface area contributed by atoms with Gasteiger partial charge in [-0.3, -0.25) is 4.68 Å². The highest BCUT2D eigenvalue weighted by molar-refractivity contribution is 6.17. The summed E-state index contributed by atoms with van der Waals surface area (Å²) in [6.45, 7) is 5.05. The van der Waals surface area contributed by atoms with Crippen LogP contribution in [0.25, 0.3) is 11.2 Å². The van der Waals surface area contributed by atoms with Crippen molar-refractivity contribution in [2.24, 2.45) is 7.05 Å². The molecule has 0 amide bonds. The zero-order valence-corrected chi connectivity index (χ0v) is 13.0. The second kappa shape index (κ2) is 5.37. The summed E-state index contributed by atoms with van der Waals surface area (Å²) < 4.78 is 9.99. The molecule has 110 valence electrons. The second-order valence-corrected chi connectivity index (χ2v) is 5.74. The molecule has 2 aromatic heterocycles. The lowest BCUT2D eigenvalue weighted by molar-refractivity contribution is 0.107. The van der Waals surface area contributed by atoms with Gasteiger partial charge in [0.05, 0.1) is 17.8 Å². The highest BCUT2D eigenvalue weighted by atomic mass is 35.5. The predicted molar refractivity (Wildman–Crippen MR) is 79.4 cm³/mol. The first-order chi connectivity index (χ1) is 9.67. The summed E-state index contributed by atoms with van der Waals surface area (Å²) in [4.78, 5) is 4.81. The van der Waals surface area contributed by atoms with Crippen LogP contribution in [0.4, 0.5) is 0 Å². The van der Waals surface area contributed by atoms with E-state index >= 15 is 0 Å². The molecule has 1 aliphatic rings. The Morgan fingerprint density at radius 2 is 2.25 bits per heavy atom. The van der Waals surface area contributed by atoms with Crippen molar-refractivity contribution < 1.29 is 4.74 Å². The van der Waals surface area contributed by atoms with Gasteiger partial charge in [-0.15, -0.1) is 11.6 Å². The maximum Gasteiger partial charge on any atom is 0.159 e. The first-order valence-corrected chi connectivity index (χ1v) is 7.81. The van der Waals surface area contributed by atoms with Crippen LogP contribution >= 0.6 is 11.6 Å². The van der Waals surface area contributed by atoms with E-state index in [2.05, 4.69) is 23.5 Å². The van der Waals surface area contributed by atoms with E-state index in [1.165, 1.54) is 0 Å². The van der Waals surface area contributed by atoms with Crippen molar-refractivity contribution >= 4 is 22.8 Å². The number of alkyl halides is 1. The Labute approximate surface area is 123 Å². The van der Waals surface area contributed by atoms with E-state index in [0.29, 0.717) is 11.9 Å². The van der Waals surface area contributed by atoms with Crippen LogP contribution in [0.1, 0.15) is 37.8 Å². The van der Waals surface area contributed by atoms with Crippen LogP contribution in [0, 0.1) is 0 Å². The van der Waals surface area contributed by atoms with Gasteiger partial charge in [0.15, 0.2) is 5.65 Å². The summed E-state index contributed by atoms with van der Waals surface area (Å²) >= 11 is 5.95. The molecule has 1 saturated heterocycles. The van der Waals surface area contributed by atoms with Gasteiger partial charge in [0.1, 0.15) is 11.3 Å². The number of hydrogen-bond donors (Lipinski definition) is 0. The van der Waals surface area contributed by atoms with Crippen molar-refractivity contribution in [1.82, 2.24) is 19.3 Å². The SMILES string of the molecule is CCc1nn(C)c2c1nc(CCCl)n2C1CCOC1C. The Kier molecular flexibility index (Phi) is 3.73. The Balaban J connectivity index is 2.20. The van der Waals surface area contributed by atoms with Crippen molar-refractivity contribution in [3.63, 3.8) is 0 Å². The van der Waals surface area contributed by atoms with Crippen LogP contribution < -0.4 is 0 Å². The van der Waals surface area contributed by atoms with E-state index < -0.39 is 0 Å². The van der Waals surface area contributed by atoms with Crippen molar-refractivity contribution in [1.29, 1.82) is 0 Å². The predicted octanol–water partition coefficient (Wildman–Crippen LogP) is 2.46. The molecule has 3 rings (SSSR count). The highest BCUT2D eigenvalue weighted by Crippen LogP contribution is 2.32. The Hall–Kier alpha value is -1.07. The number of rotatable bonds is 4. The standard InChI is InChI=1S/C14H21ClN4O/c1-4-10-13-14(18(3)17-10)19(12(16-13)5-7-15)11-6-8-20-9(11)2/h9,11H,4-8H2,1-3H3. The Bertz CT molecular complexity index is 618. The highest BCUT2D eigenvalue weighted by Gasteiger charge is 2.31. The minimum Gasteiger partial charge on any atom is -0.376 e. The summed E-state index contributed by atoms with van der Waals surface area (Å²) in [6, 6.07) is 0.332. The topological polar surface area (TPSA) is 44.9 Å². The smallest absolute Gasteiger partial charge is 0.159 e. The van der Waals surface area contributed by atoms with Gasteiger partial charge in [0.2, 0.25) is 0 Å². The van der Waals surface area contributed by atoms with Crippen molar-refractivity contribution in [3.8, 4) is 0 Å². The zero-order valence-electron chi connectivity index (χ0n) is 12.3. The molecule has 5 nitrogen and oxygen atoms in total. The van der Waals surface area contributed by atoms with E-state index in [1.807, 2.05) is 11.7 Å². The number of ether oxygens (including phenoxy) is 1. The number of halogens is 1. The third-order valence-electron chi connectivity index (χ3n) is 4.13. The molecule has 2 aromatic rings. The monoisotopic (exact) mass is 296 g/mol. The number of fused-ring (bicyclic) bond motifs is 1. The van der Waals surface area contributed by atoms with E-state index in [-0.39, 0.29) is 6.10 Å². The van der Waals surface area contributed by atoms with Crippen LogP contribution in [0.5, 0.6) is 0 Å². The lowest BCUT2D eigenvalue weighted by Gasteiger charge is -2.19. The normalized spacial score (nSPS) is 23.0. The molecule has 0 N–H and O–H groups in total. The quantitative estimate of drug-likeness (QED) is 0.814. The molecule has 0 bridgehead atoms. The average Bonchev–Trinajstić information content (AvgIpc) is 3.07. The second-order valence-electron chi connectivity index (χ2n) is 5.37. The molecule has 0 saturated carbocycles. The van der Waals surface area contributed by atoms with Gasteiger partial charge in [-0.05, 0) is 19.8 Å². The summed E-state index contributed by atoms with van der Waals surface area (Å²) in [5, 5.41) is 4.59. The van der Waals surface area contributed by atoms with Crippen LogP contribution in [0.3, 0.4) is 0 Å². The molecule has 2 atom stereocenters. The van der Waals surface area contributed by atoms with E-state index in [0.717, 1.165) is 48.6 Å². The molecule has 0 spiro atoms. The fraction of sp³-hybridized carbons (Fsp3) is 0.714. The molecule has 1 aliphatic heterocycles. The van der Waals surface area contributed by atoms with Gasteiger partial charge in [-0.1, -0.05) is 6.92 Å². The number of aryl methyl sites for hydroxylation is 3. The molecule has 2 unspecified atom stereocenters. The lowest BCUT2D eigenvalue weighted by Crippen LogP contribution is -2.20. The molecule has 6 heteroatoms. The molecule has 20 heavy (non-hydrogen) atoms. The summed E-state index contributed by atoms with van der Waals surface area (Å²) in [6.07, 6.45) is 2.91. The van der Waals surface area contributed by atoms with E-state index in [1.54, 1.807) is 0 Å². The zero-order chi connectivity index (χ0) is 14.3. The van der Waals surface area contributed by atoms with Gasteiger partial charge in [0, 0.05) is 26.0 Å². The maximum absolute atomic E-state index is 5.95. The molecular formula is C14H21ClN4O. The minimum absolute atomic E-state index is 0.210. The van der Waals surface area contributed by atoms with Crippen LogP contribution in [0.15, 0.2) is 0 Å². The number of aromatic nitrogens is 4. The van der Waals surface area contributed by atoms with Crippen LogP contribution in [-0.4, -0.2) is 37.9 Å². The molecule has 3 heterocycles. The largest absolute Gasteiger partial charge is 0.376 e. The van der Waals surface area contributed by atoms with E-state index in [4.69, 9.17) is 21.3 Å². The first kappa shape index (κ1) is 13.9.